The standard InChI is InChI=1S/C22H24F2N8O3/c1-12(15-8-13(23)9-27-18(15)24)35-21(34)29-19-17(30-31-32(19)2)16-5-4-14(10-26-16)28-20(33)22(11-25)6-3-7-22/h4-5,8-10,12H,3,6-7,11,25H2,1-2H3,(H,28,33)(H,29,34)/t12-/m1/s1. The zero-order chi connectivity index (χ0) is 25.2. The smallest absolute Gasteiger partial charge is 0.413 e. The first-order valence-electron chi connectivity index (χ1n) is 10.9. The lowest BCUT2D eigenvalue weighted by Gasteiger charge is -2.39. The summed E-state index contributed by atoms with van der Waals surface area (Å²) >= 11 is 0. The van der Waals surface area contributed by atoms with E-state index in [0.29, 0.717) is 11.4 Å². The normalized spacial score (nSPS) is 15.1. The number of nitrogens with zero attached hydrogens (tertiary/aromatic N) is 5. The molecule has 0 unspecified atom stereocenters. The number of nitrogens with one attached hydrogen (secondary N) is 2. The molecule has 0 bridgehead atoms. The number of halogens is 2. The van der Waals surface area contributed by atoms with E-state index in [9.17, 15) is 18.4 Å². The first-order chi connectivity index (χ1) is 16.7. The molecule has 4 rings (SSSR count). The molecule has 1 aliphatic rings. The van der Waals surface area contributed by atoms with Gasteiger partial charge in [0.15, 0.2) is 11.5 Å². The van der Waals surface area contributed by atoms with Crippen molar-refractivity contribution in [1.29, 1.82) is 0 Å². The summed E-state index contributed by atoms with van der Waals surface area (Å²) in [6, 6.07) is 4.17. The van der Waals surface area contributed by atoms with E-state index in [1.54, 1.807) is 19.2 Å². The summed E-state index contributed by atoms with van der Waals surface area (Å²) in [5.74, 6) is -1.67. The molecule has 3 aromatic rings. The molecule has 11 nitrogen and oxygen atoms in total. The fourth-order valence-electron chi connectivity index (χ4n) is 3.74. The van der Waals surface area contributed by atoms with Gasteiger partial charge in [-0.05, 0) is 38.0 Å². The second-order valence-electron chi connectivity index (χ2n) is 8.34. The Morgan fingerprint density at radius 1 is 1.23 bits per heavy atom. The van der Waals surface area contributed by atoms with Crippen LogP contribution >= 0.6 is 0 Å². The van der Waals surface area contributed by atoms with Crippen molar-refractivity contribution >= 4 is 23.5 Å². The third-order valence-electron chi connectivity index (χ3n) is 6.05. The summed E-state index contributed by atoms with van der Waals surface area (Å²) in [6.45, 7) is 1.67. The van der Waals surface area contributed by atoms with E-state index in [-0.39, 0.29) is 29.5 Å². The van der Waals surface area contributed by atoms with Crippen molar-refractivity contribution in [2.45, 2.75) is 32.3 Å². The molecule has 3 aromatic heterocycles. The Bertz CT molecular complexity index is 1240. The second-order valence-corrected chi connectivity index (χ2v) is 8.34. The molecule has 0 aromatic carbocycles. The van der Waals surface area contributed by atoms with Gasteiger partial charge in [-0.2, -0.15) is 4.39 Å². The number of hydrogen-bond acceptors (Lipinski definition) is 8. The second kappa shape index (κ2) is 9.70. The molecule has 1 atom stereocenters. The van der Waals surface area contributed by atoms with Gasteiger partial charge in [-0.3, -0.25) is 15.1 Å². The Morgan fingerprint density at radius 3 is 2.63 bits per heavy atom. The Hall–Kier alpha value is -4.00. The molecule has 4 N–H and O–H groups in total. The Morgan fingerprint density at radius 2 is 2.00 bits per heavy atom. The Labute approximate surface area is 199 Å². The molecule has 1 saturated carbocycles. The van der Waals surface area contributed by atoms with E-state index in [0.717, 1.165) is 31.5 Å². The summed E-state index contributed by atoms with van der Waals surface area (Å²) < 4.78 is 33.7. The van der Waals surface area contributed by atoms with Crippen LogP contribution in [0.25, 0.3) is 11.4 Å². The number of rotatable bonds is 7. The van der Waals surface area contributed by atoms with Crippen LogP contribution in [0.5, 0.6) is 0 Å². The summed E-state index contributed by atoms with van der Waals surface area (Å²) in [7, 11) is 1.55. The average Bonchev–Trinajstić information content (AvgIpc) is 3.15. The fraction of sp³-hybridized carbons (Fsp3) is 0.364. The molecule has 13 heteroatoms. The molecule has 0 radical (unpaired) electrons. The molecule has 0 aliphatic heterocycles. The third kappa shape index (κ3) is 4.94. The van der Waals surface area contributed by atoms with Gasteiger partial charge in [-0.1, -0.05) is 11.6 Å². The lowest BCUT2D eigenvalue weighted by Crippen LogP contribution is -2.47. The zero-order valence-corrected chi connectivity index (χ0v) is 19.1. The highest BCUT2D eigenvalue weighted by molar-refractivity contribution is 5.96. The van der Waals surface area contributed by atoms with Crippen molar-refractivity contribution in [3.63, 3.8) is 0 Å². The number of pyridine rings is 2. The zero-order valence-electron chi connectivity index (χ0n) is 19.1. The summed E-state index contributed by atoms with van der Waals surface area (Å²) in [4.78, 5) is 32.6. The average molecular weight is 486 g/mol. The highest BCUT2D eigenvalue weighted by atomic mass is 19.1. The van der Waals surface area contributed by atoms with Crippen LogP contribution in [-0.2, 0) is 16.6 Å². The molecule has 184 valence electrons. The van der Waals surface area contributed by atoms with Crippen LogP contribution in [0.3, 0.4) is 0 Å². The SMILES string of the molecule is C[C@@H](OC(=O)Nc1c(-c2ccc(NC(=O)C3(CN)CCC3)cn2)nnn1C)c1cc(F)cnc1F. The van der Waals surface area contributed by atoms with E-state index in [1.807, 2.05) is 0 Å². The van der Waals surface area contributed by atoms with Crippen LogP contribution in [0.4, 0.5) is 25.1 Å². The number of hydrogen-bond donors (Lipinski definition) is 3. The number of aromatic nitrogens is 5. The maximum atomic E-state index is 13.9. The van der Waals surface area contributed by atoms with Gasteiger partial charge in [-0.25, -0.2) is 18.9 Å². The molecule has 0 spiro atoms. The quantitative estimate of drug-likeness (QED) is 0.432. The first-order valence-corrected chi connectivity index (χ1v) is 10.9. The van der Waals surface area contributed by atoms with Crippen molar-refractivity contribution < 1.29 is 23.1 Å². The van der Waals surface area contributed by atoms with Gasteiger partial charge in [0, 0.05) is 13.6 Å². The molecular weight excluding hydrogens is 462 g/mol. The van der Waals surface area contributed by atoms with E-state index in [4.69, 9.17) is 10.5 Å². The van der Waals surface area contributed by atoms with Crippen molar-refractivity contribution in [2.24, 2.45) is 18.2 Å². The summed E-state index contributed by atoms with van der Waals surface area (Å²) in [6.07, 6.45) is 2.63. The summed E-state index contributed by atoms with van der Waals surface area (Å²) in [5, 5.41) is 13.3. The van der Waals surface area contributed by atoms with Crippen molar-refractivity contribution in [1.82, 2.24) is 25.0 Å². The number of aryl methyl sites for hydroxylation is 1. The molecule has 2 amide bonds. The molecular formula is C22H24F2N8O3. The number of anilines is 2. The van der Waals surface area contributed by atoms with Gasteiger partial charge >= 0.3 is 6.09 Å². The Kier molecular flexibility index (Phi) is 6.69. The van der Waals surface area contributed by atoms with Crippen molar-refractivity contribution in [3.05, 3.63) is 47.9 Å². The molecule has 35 heavy (non-hydrogen) atoms. The van der Waals surface area contributed by atoms with E-state index in [2.05, 4.69) is 30.9 Å². The number of amides is 2. The molecule has 1 aliphatic carbocycles. The molecule has 1 fully saturated rings. The number of carbonyl (C=O) groups is 2. The maximum absolute atomic E-state index is 13.9. The van der Waals surface area contributed by atoms with Gasteiger partial charge in [-0.15, -0.1) is 5.10 Å². The van der Waals surface area contributed by atoms with E-state index in [1.165, 1.54) is 17.8 Å². The van der Waals surface area contributed by atoms with Crippen LogP contribution in [-0.4, -0.2) is 43.5 Å². The molecule has 0 saturated heterocycles. The van der Waals surface area contributed by atoms with Crippen LogP contribution < -0.4 is 16.4 Å². The Balaban J connectivity index is 1.45. The van der Waals surface area contributed by atoms with Crippen LogP contribution in [0.2, 0.25) is 0 Å². The number of ether oxygens (including phenoxy) is 1. The third-order valence-corrected chi connectivity index (χ3v) is 6.05. The topological polar surface area (TPSA) is 150 Å². The van der Waals surface area contributed by atoms with Crippen molar-refractivity contribution in [3.8, 4) is 11.4 Å². The highest BCUT2D eigenvalue weighted by Crippen LogP contribution is 2.40. The van der Waals surface area contributed by atoms with Crippen LogP contribution in [0.15, 0.2) is 30.6 Å². The highest BCUT2D eigenvalue weighted by Gasteiger charge is 2.42. The monoisotopic (exact) mass is 486 g/mol. The first kappa shape index (κ1) is 24.1. The maximum Gasteiger partial charge on any atom is 0.413 e. The van der Waals surface area contributed by atoms with Gasteiger partial charge in [0.25, 0.3) is 0 Å². The predicted octanol–water partition coefficient (Wildman–Crippen LogP) is 2.93. The molecule has 3 heterocycles. The van der Waals surface area contributed by atoms with Gasteiger partial charge in [0.1, 0.15) is 11.9 Å². The van der Waals surface area contributed by atoms with Crippen LogP contribution in [0.1, 0.15) is 37.9 Å². The lowest BCUT2D eigenvalue weighted by molar-refractivity contribution is -0.129. The minimum atomic E-state index is -1.11. The van der Waals surface area contributed by atoms with E-state index < -0.39 is 29.4 Å². The van der Waals surface area contributed by atoms with Crippen LogP contribution in [0, 0.1) is 17.2 Å². The van der Waals surface area contributed by atoms with E-state index >= 15 is 0 Å². The lowest BCUT2D eigenvalue weighted by atomic mass is 9.68. The fourth-order valence-corrected chi connectivity index (χ4v) is 3.74. The minimum absolute atomic E-state index is 0.135. The van der Waals surface area contributed by atoms with Crippen molar-refractivity contribution in [2.75, 3.05) is 17.2 Å². The largest absolute Gasteiger partial charge is 0.441 e. The number of nitrogens with two attached hydrogens (primary N) is 1. The predicted molar refractivity (Wildman–Crippen MR) is 121 cm³/mol. The van der Waals surface area contributed by atoms with Gasteiger partial charge in [0.2, 0.25) is 11.9 Å². The minimum Gasteiger partial charge on any atom is -0.441 e. The van der Waals surface area contributed by atoms with Gasteiger partial charge in [0.05, 0.1) is 34.8 Å². The van der Waals surface area contributed by atoms with Gasteiger partial charge < -0.3 is 15.8 Å². The number of carbonyl (C=O) groups excluding carboxylic acids is 2. The summed E-state index contributed by atoms with van der Waals surface area (Å²) in [5.41, 5.74) is 6.16.